The number of hydrogen-bond acceptors (Lipinski definition) is 2. The number of nitrogens with two attached hydrogens (primary N) is 1. The molecule has 0 radical (unpaired) electrons. The Hall–Kier alpha value is -0.470. The summed E-state index contributed by atoms with van der Waals surface area (Å²) in [6, 6.07) is 6.97. The average Bonchev–Trinajstić information content (AvgIpc) is 2.18. The maximum atomic E-state index is 6.06. The van der Waals surface area contributed by atoms with Crippen LogP contribution in [0, 0.1) is 0 Å². The van der Waals surface area contributed by atoms with Gasteiger partial charge < -0.3 is 5.73 Å². The Morgan fingerprint density at radius 3 is 3.15 bits per heavy atom. The molecule has 0 saturated carbocycles. The van der Waals surface area contributed by atoms with Gasteiger partial charge in [0.2, 0.25) is 0 Å². The van der Waals surface area contributed by atoms with E-state index in [1.54, 1.807) is 0 Å². The summed E-state index contributed by atoms with van der Waals surface area (Å²) in [4.78, 5) is 1.39. The monoisotopic (exact) mass is 193 g/mol. The zero-order valence-electron chi connectivity index (χ0n) is 7.92. The van der Waals surface area contributed by atoms with Gasteiger partial charge in [-0.2, -0.15) is 0 Å². The van der Waals surface area contributed by atoms with E-state index in [1.165, 1.54) is 21.8 Å². The molecule has 0 aliphatic carbocycles. The molecule has 1 atom stereocenters. The van der Waals surface area contributed by atoms with Crippen LogP contribution in [0.5, 0.6) is 0 Å². The molecule has 1 aliphatic heterocycles. The Morgan fingerprint density at radius 2 is 2.38 bits per heavy atom. The molecule has 0 unspecified atom stereocenters. The fourth-order valence-corrected chi connectivity index (χ4v) is 2.82. The highest BCUT2D eigenvalue weighted by molar-refractivity contribution is 7.99. The summed E-state index contributed by atoms with van der Waals surface area (Å²) in [5, 5.41) is 0. The largest absolute Gasteiger partial charge is 0.324 e. The third kappa shape index (κ3) is 1.74. The van der Waals surface area contributed by atoms with Crippen LogP contribution in [0.3, 0.4) is 0 Å². The summed E-state index contributed by atoms with van der Waals surface area (Å²) < 4.78 is 0. The predicted octanol–water partition coefficient (Wildman–Crippen LogP) is 2.74. The van der Waals surface area contributed by atoms with Crippen molar-refractivity contribution in [2.45, 2.75) is 30.7 Å². The molecule has 2 heteroatoms. The Morgan fingerprint density at radius 1 is 1.54 bits per heavy atom. The molecule has 13 heavy (non-hydrogen) atoms. The molecule has 0 spiro atoms. The van der Waals surface area contributed by atoms with Crippen LogP contribution in [-0.4, -0.2) is 5.75 Å². The first-order chi connectivity index (χ1) is 6.31. The van der Waals surface area contributed by atoms with Crippen LogP contribution in [0.2, 0.25) is 0 Å². The van der Waals surface area contributed by atoms with Gasteiger partial charge in [-0.1, -0.05) is 19.1 Å². The van der Waals surface area contributed by atoms with E-state index >= 15 is 0 Å². The van der Waals surface area contributed by atoms with E-state index < -0.39 is 0 Å². The van der Waals surface area contributed by atoms with E-state index in [2.05, 4.69) is 25.1 Å². The number of thioether (sulfide) groups is 1. The summed E-state index contributed by atoms with van der Waals surface area (Å²) >= 11 is 1.93. The molecule has 1 aromatic carbocycles. The van der Waals surface area contributed by atoms with Crippen molar-refractivity contribution >= 4 is 11.8 Å². The average molecular weight is 193 g/mol. The molecule has 1 aliphatic rings. The van der Waals surface area contributed by atoms with Gasteiger partial charge in [0.1, 0.15) is 0 Å². The number of fused-ring (bicyclic) bond motifs is 1. The lowest BCUT2D eigenvalue weighted by Gasteiger charge is -2.22. The molecule has 1 heterocycles. The zero-order chi connectivity index (χ0) is 9.26. The highest BCUT2D eigenvalue weighted by Crippen LogP contribution is 2.35. The molecule has 1 aromatic rings. The molecule has 0 saturated heterocycles. The van der Waals surface area contributed by atoms with Gasteiger partial charge in [-0.3, -0.25) is 0 Å². The topological polar surface area (TPSA) is 26.0 Å². The standard InChI is InChI=1S/C11H15NS/c1-2-8-3-4-11-9(7-8)10(12)5-6-13-11/h3-4,7,10H,2,5-6,12H2,1H3/t10-/m1/s1. The normalized spacial score (nSPS) is 21.2. The first-order valence-electron chi connectivity index (χ1n) is 4.82. The number of hydrogen-bond donors (Lipinski definition) is 1. The zero-order valence-corrected chi connectivity index (χ0v) is 8.73. The van der Waals surface area contributed by atoms with Crippen LogP contribution < -0.4 is 5.73 Å². The van der Waals surface area contributed by atoms with E-state index in [0.717, 1.165) is 12.8 Å². The molecular weight excluding hydrogens is 178 g/mol. The van der Waals surface area contributed by atoms with Gasteiger partial charge in [0.05, 0.1) is 0 Å². The van der Waals surface area contributed by atoms with E-state index in [-0.39, 0.29) is 6.04 Å². The Bertz CT molecular complexity index is 309. The minimum atomic E-state index is 0.266. The Balaban J connectivity index is 2.41. The highest BCUT2D eigenvalue weighted by Gasteiger charge is 2.16. The SMILES string of the molecule is CCc1ccc2c(c1)[C@H](N)CCS2. The molecule has 0 fully saturated rings. The van der Waals surface area contributed by atoms with Crippen LogP contribution in [-0.2, 0) is 6.42 Å². The van der Waals surface area contributed by atoms with Gasteiger partial charge in [0.15, 0.2) is 0 Å². The van der Waals surface area contributed by atoms with Crippen molar-refractivity contribution in [3.63, 3.8) is 0 Å². The Kier molecular flexibility index (Phi) is 2.61. The van der Waals surface area contributed by atoms with Crippen LogP contribution in [0.25, 0.3) is 0 Å². The number of aryl methyl sites for hydroxylation is 1. The second-order valence-electron chi connectivity index (χ2n) is 3.47. The fraction of sp³-hybridized carbons (Fsp3) is 0.455. The molecule has 2 rings (SSSR count). The smallest absolute Gasteiger partial charge is 0.0314 e. The summed E-state index contributed by atoms with van der Waals surface area (Å²) in [6.07, 6.45) is 2.22. The van der Waals surface area contributed by atoms with Crippen LogP contribution in [0.1, 0.15) is 30.5 Å². The van der Waals surface area contributed by atoms with Crippen LogP contribution in [0.15, 0.2) is 23.1 Å². The minimum absolute atomic E-state index is 0.266. The summed E-state index contributed by atoms with van der Waals surface area (Å²) in [7, 11) is 0. The van der Waals surface area contributed by atoms with Crippen molar-refractivity contribution in [2.24, 2.45) is 5.73 Å². The maximum absolute atomic E-state index is 6.06. The van der Waals surface area contributed by atoms with Crippen molar-refractivity contribution in [3.8, 4) is 0 Å². The van der Waals surface area contributed by atoms with E-state index in [1.807, 2.05) is 11.8 Å². The third-order valence-electron chi connectivity index (χ3n) is 2.57. The molecule has 2 N–H and O–H groups in total. The van der Waals surface area contributed by atoms with Gasteiger partial charge in [-0.25, -0.2) is 0 Å². The molecule has 1 nitrogen and oxygen atoms in total. The van der Waals surface area contributed by atoms with Gasteiger partial charge in [-0.15, -0.1) is 11.8 Å². The van der Waals surface area contributed by atoms with Gasteiger partial charge >= 0.3 is 0 Å². The molecule has 0 amide bonds. The second kappa shape index (κ2) is 3.72. The van der Waals surface area contributed by atoms with Crippen molar-refractivity contribution < 1.29 is 0 Å². The van der Waals surface area contributed by atoms with Crippen molar-refractivity contribution in [3.05, 3.63) is 29.3 Å². The first-order valence-corrected chi connectivity index (χ1v) is 5.81. The third-order valence-corrected chi connectivity index (χ3v) is 3.69. The summed E-state index contributed by atoms with van der Waals surface area (Å²) in [5.41, 5.74) is 8.81. The maximum Gasteiger partial charge on any atom is 0.0314 e. The van der Waals surface area contributed by atoms with Gasteiger partial charge in [0.25, 0.3) is 0 Å². The van der Waals surface area contributed by atoms with Crippen LogP contribution >= 0.6 is 11.8 Å². The lowest BCUT2D eigenvalue weighted by atomic mass is 10.0. The van der Waals surface area contributed by atoms with E-state index in [0.29, 0.717) is 0 Å². The first kappa shape index (κ1) is 9.10. The second-order valence-corrected chi connectivity index (χ2v) is 4.61. The molecule has 70 valence electrons. The predicted molar refractivity (Wildman–Crippen MR) is 58.1 cm³/mol. The van der Waals surface area contributed by atoms with Gasteiger partial charge in [0, 0.05) is 10.9 Å². The van der Waals surface area contributed by atoms with Gasteiger partial charge in [-0.05, 0) is 35.8 Å². The minimum Gasteiger partial charge on any atom is -0.324 e. The molecular formula is C11H15NS. The number of benzene rings is 1. The lowest BCUT2D eigenvalue weighted by molar-refractivity contribution is 0.679. The highest BCUT2D eigenvalue weighted by atomic mass is 32.2. The lowest BCUT2D eigenvalue weighted by Crippen LogP contribution is -2.16. The van der Waals surface area contributed by atoms with Crippen molar-refractivity contribution in [1.82, 2.24) is 0 Å². The van der Waals surface area contributed by atoms with E-state index in [9.17, 15) is 0 Å². The van der Waals surface area contributed by atoms with E-state index in [4.69, 9.17) is 5.73 Å². The number of rotatable bonds is 1. The van der Waals surface area contributed by atoms with Crippen molar-refractivity contribution in [2.75, 3.05) is 5.75 Å². The molecule has 0 bridgehead atoms. The van der Waals surface area contributed by atoms with Crippen molar-refractivity contribution in [1.29, 1.82) is 0 Å². The summed E-state index contributed by atoms with van der Waals surface area (Å²) in [6.45, 7) is 2.18. The molecule has 0 aromatic heterocycles. The fourth-order valence-electron chi connectivity index (χ4n) is 1.69. The van der Waals surface area contributed by atoms with Crippen LogP contribution in [0.4, 0.5) is 0 Å². The summed E-state index contributed by atoms with van der Waals surface area (Å²) in [5.74, 6) is 1.17. The Labute approximate surface area is 83.7 Å². The quantitative estimate of drug-likeness (QED) is 0.742.